The molecule has 0 amide bonds. The minimum absolute atomic E-state index is 0.211. The van der Waals surface area contributed by atoms with Crippen molar-refractivity contribution < 1.29 is 14.6 Å². The van der Waals surface area contributed by atoms with Gasteiger partial charge in [-0.25, -0.2) is 0 Å². The topological polar surface area (TPSA) is 54.0 Å². The molecular formula is C15H24N2O3. The fourth-order valence-corrected chi connectivity index (χ4v) is 2.71. The van der Waals surface area contributed by atoms with E-state index in [-0.39, 0.29) is 6.61 Å². The van der Waals surface area contributed by atoms with Crippen molar-refractivity contribution in [3.63, 3.8) is 0 Å². The highest BCUT2D eigenvalue weighted by atomic mass is 16.5. The first-order chi connectivity index (χ1) is 9.78. The van der Waals surface area contributed by atoms with E-state index in [0.717, 1.165) is 44.1 Å². The first kappa shape index (κ1) is 15.1. The lowest BCUT2D eigenvalue weighted by Gasteiger charge is -2.36. The van der Waals surface area contributed by atoms with E-state index in [9.17, 15) is 0 Å². The summed E-state index contributed by atoms with van der Waals surface area (Å²) in [5.74, 6) is 1.52. The summed E-state index contributed by atoms with van der Waals surface area (Å²) < 4.78 is 10.6. The Kier molecular flexibility index (Phi) is 5.64. The van der Waals surface area contributed by atoms with Crippen LogP contribution < -0.4 is 14.8 Å². The molecule has 1 saturated heterocycles. The molecule has 1 aliphatic rings. The summed E-state index contributed by atoms with van der Waals surface area (Å²) in [5, 5.41) is 12.6. The van der Waals surface area contributed by atoms with Crippen molar-refractivity contribution in [1.29, 1.82) is 0 Å². The Labute approximate surface area is 120 Å². The Morgan fingerprint density at radius 1 is 1.30 bits per heavy atom. The maximum absolute atomic E-state index is 9.15. The van der Waals surface area contributed by atoms with Gasteiger partial charge in [0, 0.05) is 32.2 Å². The van der Waals surface area contributed by atoms with Crippen LogP contribution in [0.3, 0.4) is 0 Å². The monoisotopic (exact) mass is 280 g/mol. The van der Waals surface area contributed by atoms with Crippen molar-refractivity contribution in [3.8, 4) is 11.5 Å². The lowest BCUT2D eigenvalue weighted by atomic mass is 10.0. The molecule has 1 heterocycles. The molecule has 2 rings (SSSR count). The van der Waals surface area contributed by atoms with Crippen LogP contribution in [-0.2, 0) is 6.42 Å². The summed E-state index contributed by atoms with van der Waals surface area (Å²) in [6.45, 7) is 3.87. The SMILES string of the molecule is COc1ccc(CC2CNCCN2CCO)cc1OC. The van der Waals surface area contributed by atoms with Crippen LogP contribution in [0.25, 0.3) is 0 Å². The predicted octanol–water partition coefficient (Wildman–Crippen LogP) is 0.512. The minimum atomic E-state index is 0.211. The Morgan fingerprint density at radius 2 is 2.10 bits per heavy atom. The molecule has 1 aromatic rings. The van der Waals surface area contributed by atoms with Gasteiger partial charge >= 0.3 is 0 Å². The molecule has 20 heavy (non-hydrogen) atoms. The summed E-state index contributed by atoms with van der Waals surface area (Å²) in [6.07, 6.45) is 0.938. The van der Waals surface area contributed by atoms with Crippen LogP contribution in [0, 0.1) is 0 Å². The molecule has 1 aromatic carbocycles. The van der Waals surface area contributed by atoms with E-state index >= 15 is 0 Å². The van der Waals surface area contributed by atoms with Crippen LogP contribution in [0.2, 0.25) is 0 Å². The zero-order chi connectivity index (χ0) is 14.4. The third kappa shape index (κ3) is 3.62. The van der Waals surface area contributed by atoms with E-state index in [1.807, 2.05) is 12.1 Å². The Balaban J connectivity index is 2.07. The van der Waals surface area contributed by atoms with Crippen molar-refractivity contribution in [2.24, 2.45) is 0 Å². The number of β-amino-alcohol motifs (C(OH)–C–C–N with tert-alkyl or cyclic N) is 1. The maximum atomic E-state index is 9.15. The quantitative estimate of drug-likeness (QED) is 0.795. The lowest BCUT2D eigenvalue weighted by Crippen LogP contribution is -2.52. The minimum Gasteiger partial charge on any atom is -0.493 e. The van der Waals surface area contributed by atoms with Crippen molar-refractivity contribution in [2.75, 3.05) is 47.0 Å². The number of nitrogens with one attached hydrogen (secondary N) is 1. The van der Waals surface area contributed by atoms with E-state index in [0.29, 0.717) is 6.04 Å². The molecular weight excluding hydrogens is 256 g/mol. The second-order valence-electron chi connectivity index (χ2n) is 5.01. The number of nitrogens with zero attached hydrogens (tertiary/aromatic N) is 1. The van der Waals surface area contributed by atoms with Gasteiger partial charge in [0.05, 0.1) is 20.8 Å². The van der Waals surface area contributed by atoms with E-state index in [2.05, 4.69) is 16.3 Å². The smallest absolute Gasteiger partial charge is 0.160 e. The zero-order valence-electron chi connectivity index (χ0n) is 12.3. The van der Waals surface area contributed by atoms with Gasteiger partial charge in [0.1, 0.15) is 0 Å². The van der Waals surface area contributed by atoms with Gasteiger partial charge in [0.2, 0.25) is 0 Å². The molecule has 112 valence electrons. The molecule has 5 nitrogen and oxygen atoms in total. The standard InChI is InChI=1S/C15H24N2O3/c1-19-14-4-3-12(10-15(14)20-2)9-13-11-16-5-6-17(13)7-8-18/h3-4,10,13,16,18H,5-9,11H2,1-2H3. The van der Waals surface area contributed by atoms with Gasteiger partial charge in [-0.3, -0.25) is 4.90 Å². The van der Waals surface area contributed by atoms with Crippen molar-refractivity contribution in [3.05, 3.63) is 23.8 Å². The van der Waals surface area contributed by atoms with Crippen LogP contribution in [0.15, 0.2) is 18.2 Å². The van der Waals surface area contributed by atoms with Crippen LogP contribution in [-0.4, -0.2) is 63.1 Å². The number of aliphatic hydroxyl groups is 1. The fraction of sp³-hybridized carbons (Fsp3) is 0.600. The van der Waals surface area contributed by atoms with E-state index in [1.54, 1.807) is 14.2 Å². The van der Waals surface area contributed by atoms with Crippen LogP contribution >= 0.6 is 0 Å². The third-order valence-electron chi connectivity index (χ3n) is 3.78. The van der Waals surface area contributed by atoms with Crippen LogP contribution in [0.1, 0.15) is 5.56 Å². The largest absolute Gasteiger partial charge is 0.493 e. The zero-order valence-corrected chi connectivity index (χ0v) is 12.3. The van der Waals surface area contributed by atoms with E-state index < -0.39 is 0 Å². The predicted molar refractivity (Wildman–Crippen MR) is 78.6 cm³/mol. The van der Waals surface area contributed by atoms with Gasteiger partial charge in [-0.05, 0) is 24.1 Å². The Hall–Kier alpha value is -1.30. The third-order valence-corrected chi connectivity index (χ3v) is 3.78. The molecule has 0 spiro atoms. The lowest BCUT2D eigenvalue weighted by molar-refractivity contribution is 0.126. The molecule has 1 aliphatic heterocycles. The highest BCUT2D eigenvalue weighted by Crippen LogP contribution is 2.28. The number of hydrogen-bond acceptors (Lipinski definition) is 5. The number of aliphatic hydroxyl groups excluding tert-OH is 1. The van der Waals surface area contributed by atoms with Crippen LogP contribution in [0.4, 0.5) is 0 Å². The summed E-state index contributed by atoms with van der Waals surface area (Å²) >= 11 is 0. The molecule has 0 aromatic heterocycles. The average molecular weight is 280 g/mol. The summed E-state index contributed by atoms with van der Waals surface area (Å²) in [7, 11) is 3.30. The Bertz CT molecular complexity index is 424. The highest BCUT2D eigenvalue weighted by Gasteiger charge is 2.22. The van der Waals surface area contributed by atoms with Gasteiger partial charge in [-0.15, -0.1) is 0 Å². The summed E-state index contributed by atoms with van der Waals surface area (Å²) in [5.41, 5.74) is 1.22. The molecule has 2 N–H and O–H groups in total. The van der Waals surface area contributed by atoms with E-state index in [1.165, 1.54) is 5.56 Å². The highest BCUT2D eigenvalue weighted by molar-refractivity contribution is 5.43. The van der Waals surface area contributed by atoms with E-state index in [4.69, 9.17) is 14.6 Å². The molecule has 1 fully saturated rings. The molecule has 0 bridgehead atoms. The molecule has 1 unspecified atom stereocenters. The molecule has 0 aliphatic carbocycles. The second-order valence-corrected chi connectivity index (χ2v) is 5.01. The normalized spacial score (nSPS) is 19.9. The number of methoxy groups -OCH3 is 2. The molecule has 1 atom stereocenters. The van der Waals surface area contributed by atoms with Gasteiger partial charge in [0.15, 0.2) is 11.5 Å². The van der Waals surface area contributed by atoms with Gasteiger partial charge in [-0.1, -0.05) is 6.07 Å². The van der Waals surface area contributed by atoms with Crippen LogP contribution in [0.5, 0.6) is 11.5 Å². The Morgan fingerprint density at radius 3 is 2.80 bits per heavy atom. The maximum Gasteiger partial charge on any atom is 0.160 e. The number of benzene rings is 1. The molecule has 5 heteroatoms. The number of piperazine rings is 1. The summed E-state index contributed by atoms with van der Waals surface area (Å²) in [4.78, 5) is 2.34. The first-order valence-corrected chi connectivity index (χ1v) is 7.05. The van der Waals surface area contributed by atoms with Gasteiger partial charge in [-0.2, -0.15) is 0 Å². The second kappa shape index (κ2) is 7.47. The van der Waals surface area contributed by atoms with Gasteiger partial charge < -0.3 is 19.9 Å². The van der Waals surface area contributed by atoms with Crippen molar-refractivity contribution >= 4 is 0 Å². The average Bonchev–Trinajstić information content (AvgIpc) is 2.49. The first-order valence-electron chi connectivity index (χ1n) is 7.05. The van der Waals surface area contributed by atoms with Gasteiger partial charge in [0.25, 0.3) is 0 Å². The number of ether oxygens (including phenoxy) is 2. The molecule has 0 radical (unpaired) electrons. The van der Waals surface area contributed by atoms with Crippen molar-refractivity contribution in [2.45, 2.75) is 12.5 Å². The molecule has 0 saturated carbocycles. The van der Waals surface area contributed by atoms with Crippen molar-refractivity contribution in [1.82, 2.24) is 10.2 Å². The summed E-state index contributed by atoms with van der Waals surface area (Å²) in [6, 6.07) is 6.47. The number of rotatable bonds is 6. The number of hydrogen-bond donors (Lipinski definition) is 2. The fourth-order valence-electron chi connectivity index (χ4n) is 2.71.